The van der Waals surface area contributed by atoms with Gasteiger partial charge in [0.1, 0.15) is 0 Å². The van der Waals surface area contributed by atoms with E-state index in [0.717, 1.165) is 18.2 Å². The molecule has 0 amide bonds. The van der Waals surface area contributed by atoms with Crippen LogP contribution in [0.1, 0.15) is 11.1 Å². The number of benzene rings is 2. The Morgan fingerprint density at radius 2 is 1.57 bits per heavy atom. The Morgan fingerprint density at radius 3 is 2.14 bits per heavy atom. The van der Waals surface area contributed by atoms with Crippen molar-refractivity contribution in [3.8, 4) is 0 Å². The molecule has 0 heterocycles. The lowest BCUT2D eigenvalue weighted by atomic mass is 10.2. The largest absolute Gasteiger partial charge is 0.358 e. The van der Waals surface area contributed by atoms with Gasteiger partial charge in [-0.15, -0.1) is 0 Å². The first-order chi connectivity index (χ1) is 10.3. The molecule has 0 saturated heterocycles. The van der Waals surface area contributed by atoms with Crippen LogP contribution in [0.5, 0.6) is 0 Å². The van der Waals surface area contributed by atoms with Gasteiger partial charge in [0.15, 0.2) is 5.11 Å². The van der Waals surface area contributed by atoms with Crippen LogP contribution in [-0.2, 0) is 13.1 Å². The van der Waals surface area contributed by atoms with Crippen LogP contribution in [0, 0.1) is 0 Å². The predicted molar refractivity (Wildman–Crippen MR) is 94.5 cm³/mol. The van der Waals surface area contributed by atoms with Crippen molar-refractivity contribution in [2.45, 2.75) is 13.1 Å². The zero-order valence-corrected chi connectivity index (χ0v) is 13.4. The molecule has 0 fully saturated rings. The quantitative estimate of drug-likeness (QED) is 0.487. The Balaban J connectivity index is 1.92. The van der Waals surface area contributed by atoms with E-state index in [0.29, 0.717) is 5.88 Å². The van der Waals surface area contributed by atoms with Crippen LogP contribution in [0.15, 0.2) is 60.7 Å². The number of nitrogens with zero attached hydrogens (tertiary/aromatic N) is 1. The molecule has 0 aliphatic carbocycles. The van der Waals surface area contributed by atoms with Crippen LogP contribution < -0.4 is 10.5 Å². The van der Waals surface area contributed by atoms with Gasteiger partial charge in [-0.25, -0.2) is 0 Å². The highest BCUT2D eigenvalue weighted by atomic mass is 32.2. The van der Waals surface area contributed by atoms with E-state index in [1.165, 1.54) is 23.1 Å². The van der Waals surface area contributed by atoms with Crippen LogP contribution in [0.25, 0.3) is 0 Å². The summed E-state index contributed by atoms with van der Waals surface area (Å²) in [6.45, 7) is 1.48. The maximum atomic E-state index is 5.62. The monoisotopic (exact) mass is 317 g/mol. The fourth-order valence-corrected chi connectivity index (χ4v) is 2.64. The van der Waals surface area contributed by atoms with E-state index in [-0.39, 0.29) is 0 Å². The molecule has 0 atom stereocenters. The summed E-state index contributed by atoms with van der Waals surface area (Å²) >= 11 is 6.76. The average molecular weight is 317 g/mol. The molecule has 0 saturated carbocycles. The topological polar surface area (TPSA) is 41.3 Å². The molecular formula is C16H19N3S2. The Labute approximate surface area is 135 Å². The molecule has 0 aliphatic heterocycles. The molecule has 0 aliphatic rings. The molecule has 2 rings (SSSR count). The van der Waals surface area contributed by atoms with Gasteiger partial charge >= 0.3 is 0 Å². The molecule has 0 aromatic heterocycles. The molecule has 0 radical (unpaired) electrons. The number of nitrogens with one attached hydrogen (secondary N) is 1. The van der Waals surface area contributed by atoms with E-state index < -0.39 is 0 Å². The second-order valence-electron chi connectivity index (χ2n) is 4.62. The number of nitrogens with two attached hydrogens (primary N) is 1. The number of rotatable bonds is 6. The number of hydrogen-bond acceptors (Lipinski definition) is 3. The van der Waals surface area contributed by atoms with Crippen molar-refractivity contribution in [3.63, 3.8) is 0 Å². The zero-order valence-electron chi connectivity index (χ0n) is 11.7. The molecule has 2 aromatic rings. The first-order valence-corrected chi connectivity index (χ1v) is 8.17. The van der Waals surface area contributed by atoms with E-state index in [1.54, 1.807) is 0 Å². The summed E-state index contributed by atoms with van der Waals surface area (Å²) in [6.07, 6.45) is 0. The van der Waals surface area contributed by atoms with Crippen molar-refractivity contribution in [2.24, 2.45) is 5.14 Å². The predicted octanol–water partition coefficient (Wildman–Crippen LogP) is 3.13. The van der Waals surface area contributed by atoms with Crippen molar-refractivity contribution >= 4 is 29.3 Å². The molecule has 3 N–H and O–H groups in total. The molecule has 2 aromatic carbocycles. The fourth-order valence-electron chi connectivity index (χ4n) is 1.96. The van der Waals surface area contributed by atoms with E-state index in [2.05, 4.69) is 34.5 Å². The smallest absolute Gasteiger partial charge is 0.170 e. The molecular weight excluding hydrogens is 298 g/mol. The van der Waals surface area contributed by atoms with Gasteiger partial charge in [0, 0.05) is 13.1 Å². The summed E-state index contributed by atoms with van der Waals surface area (Å²) < 4.78 is 0. The summed E-state index contributed by atoms with van der Waals surface area (Å²) in [7, 11) is 0. The summed E-state index contributed by atoms with van der Waals surface area (Å²) in [4.78, 5) is 2.07. The lowest BCUT2D eigenvalue weighted by molar-refractivity contribution is 0.472. The van der Waals surface area contributed by atoms with Crippen molar-refractivity contribution < 1.29 is 0 Å². The molecule has 3 nitrogen and oxygen atoms in total. The molecule has 21 heavy (non-hydrogen) atoms. The first-order valence-electron chi connectivity index (χ1n) is 6.72. The van der Waals surface area contributed by atoms with Gasteiger partial charge in [-0.05, 0) is 23.3 Å². The summed E-state index contributed by atoms with van der Waals surface area (Å²) in [5, 5.41) is 9.63. The molecule has 0 spiro atoms. The van der Waals surface area contributed by atoms with E-state index in [9.17, 15) is 0 Å². The van der Waals surface area contributed by atoms with Crippen molar-refractivity contribution in [1.29, 1.82) is 0 Å². The van der Waals surface area contributed by atoms with Crippen LogP contribution in [0.2, 0.25) is 0 Å². The Hall–Kier alpha value is -1.56. The Kier molecular flexibility index (Phi) is 6.53. The highest BCUT2D eigenvalue weighted by molar-refractivity contribution is 7.97. The van der Waals surface area contributed by atoms with E-state index in [1.807, 2.05) is 36.4 Å². The Morgan fingerprint density at radius 1 is 1.00 bits per heavy atom. The fraction of sp³-hybridized carbons (Fsp3) is 0.188. The zero-order chi connectivity index (χ0) is 14.9. The molecule has 5 heteroatoms. The lowest BCUT2D eigenvalue weighted by Crippen LogP contribution is -2.39. The third-order valence-corrected chi connectivity index (χ3v) is 3.88. The van der Waals surface area contributed by atoms with Crippen LogP contribution in [-0.4, -0.2) is 15.9 Å². The maximum absolute atomic E-state index is 5.62. The van der Waals surface area contributed by atoms with Gasteiger partial charge in [0.25, 0.3) is 0 Å². The highest BCUT2D eigenvalue weighted by Gasteiger charge is 2.09. The first kappa shape index (κ1) is 15.8. The molecule has 110 valence electrons. The van der Waals surface area contributed by atoms with Crippen molar-refractivity contribution in [1.82, 2.24) is 10.2 Å². The van der Waals surface area contributed by atoms with Gasteiger partial charge in [0.2, 0.25) is 0 Å². The van der Waals surface area contributed by atoms with Crippen molar-refractivity contribution in [2.75, 3.05) is 5.88 Å². The minimum Gasteiger partial charge on any atom is -0.358 e. The van der Waals surface area contributed by atoms with Gasteiger partial charge < -0.3 is 10.2 Å². The molecule has 0 bridgehead atoms. The minimum atomic E-state index is 0.662. The van der Waals surface area contributed by atoms with E-state index in [4.69, 9.17) is 17.4 Å². The van der Waals surface area contributed by atoms with Crippen LogP contribution in [0.4, 0.5) is 0 Å². The van der Waals surface area contributed by atoms with Gasteiger partial charge in [0.05, 0.1) is 5.88 Å². The van der Waals surface area contributed by atoms with Gasteiger partial charge in [-0.3, -0.25) is 5.14 Å². The summed E-state index contributed by atoms with van der Waals surface area (Å²) in [6, 6.07) is 20.5. The standard InChI is InChI=1S/C16H19N3S2/c17-21-13-19(12-15-9-5-2-6-10-15)16(20)18-11-14-7-3-1-4-8-14/h1-10H,11-13,17H2,(H,18,20). The number of hydrogen-bond donors (Lipinski definition) is 2. The maximum Gasteiger partial charge on any atom is 0.170 e. The highest BCUT2D eigenvalue weighted by Crippen LogP contribution is 2.08. The van der Waals surface area contributed by atoms with E-state index >= 15 is 0 Å². The van der Waals surface area contributed by atoms with Gasteiger partial charge in [-0.1, -0.05) is 72.6 Å². The third kappa shape index (κ3) is 5.38. The van der Waals surface area contributed by atoms with Crippen molar-refractivity contribution in [3.05, 3.63) is 71.8 Å². The summed E-state index contributed by atoms with van der Waals surface area (Å²) in [5.74, 6) is 0.662. The summed E-state index contributed by atoms with van der Waals surface area (Å²) in [5.41, 5.74) is 2.43. The molecule has 0 unspecified atom stereocenters. The number of thiocarbonyl (C=S) groups is 1. The minimum absolute atomic E-state index is 0.662. The van der Waals surface area contributed by atoms with Crippen LogP contribution in [0.3, 0.4) is 0 Å². The van der Waals surface area contributed by atoms with Gasteiger partial charge in [-0.2, -0.15) is 0 Å². The Bertz CT molecular complexity index is 546. The van der Waals surface area contributed by atoms with Crippen LogP contribution >= 0.6 is 24.2 Å². The third-order valence-electron chi connectivity index (χ3n) is 3.02. The second-order valence-corrected chi connectivity index (χ2v) is 5.60. The second kappa shape index (κ2) is 8.67. The SMILES string of the molecule is NSCN(Cc1ccccc1)C(=S)NCc1ccccc1. The average Bonchev–Trinajstić information content (AvgIpc) is 2.54. The lowest BCUT2D eigenvalue weighted by Gasteiger charge is -2.25. The normalized spacial score (nSPS) is 10.1.